The van der Waals surface area contributed by atoms with Crippen LogP contribution in [0.25, 0.3) is 0 Å². The van der Waals surface area contributed by atoms with Crippen LogP contribution in [0.4, 0.5) is 0 Å². The minimum atomic E-state index is -0.0301. The lowest BCUT2D eigenvalue weighted by molar-refractivity contribution is 0.284. The van der Waals surface area contributed by atoms with Crippen LogP contribution in [0, 0.1) is 11.3 Å². The topological polar surface area (TPSA) is 91.6 Å². The van der Waals surface area contributed by atoms with Gasteiger partial charge in [-0.3, -0.25) is 0 Å². The number of nitriles is 1. The molecule has 0 fully saturated rings. The fourth-order valence-corrected chi connectivity index (χ4v) is 0.944. The maximum Gasteiger partial charge on any atom is 0.221 e. The van der Waals surface area contributed by atoms with Crippen LogP contribution in [-0.2, 0) is 4.74 Å². The number of allylic oxidation sites excluding steroid dienone is 1. The quantitative estimate of drug-likeness (QED) is 0.450. The third-order valence-electron chi connectivity index (χ3n) is 1.80. The number of aliphatic imine (C=N–C) groups is 1. The van der Waals surface area contributed by atoms with Crippen LogP contribution < -0.4 is 5.73 Å². The number of phenolic OH excluding ortho intramolecular Hbond substituents is 1. The highest BCUT2D eigenvalue weighted by Gasteiger charge is 1.99. The highest BCUT2D eigenvalue weighted by molar-refractivity contribution is 5.80. The molecule has 0 unspecified atom stereocenters. The van der Waals surface area contributed by atoms with Gasteiger partial charge in [0.15, 0.2) is 5.70 Å². The molecule has 0 aliphatic heterocycles. The van der Waals surface area contributed by atoms with E-state index in [4.69, 9.17) is 20.8 Å². The van der Waals surface area contributed by atoms with E-state index in [0.717, 1.165) is 5.56 Å². The average molecular weight is 217 g/mol. The predicted molar refractivity (Wildman–Crippen MR) is 59.5 cm³/mol. The zero-order chi connectivity index (χ0) is 12.0. The van der Waals surface area contributed by atoms with Gasteiger partial charge < -0.3 is 15.6 Å². The molecular formula is C11H11N3O2. The number of hydrogen-bond donors (Lipinski definition) is 2. The van der Waals surface area contributed by atoms with E-state index in [1.54, 1.807) is 12.1 Å². The van der Waals surface area contributed by atoms with Crippen LogP contribution in [0.5, 0.6) is 5.75 Å². The Labute approximate surface area is 93.1 Å². The molecule has 0 radical (unpaired) electrons. The predicted octanol–water partition coefficient (Wildman–Crippen LogP) is 1.11. The van der Waals surface area contributed by atoms with Gasteiger partial charge in [-0.15, -0.1) is 0 Å². The van der Waals surface area contributed by atoms with Crippen molar-refractivity contribution in [1.29, 1.82) is 5.26 Å². The van der Waals surface area contributed by atoms with Crippen LogP contribution in [0.1, 0.15) is 5.56 Å². The van der Waals surface area contributed by atoms with Gasteiger partial charge in [-0.2, -0.15) is 5.26 Å². The lowest BCUT2D eigenvalue weighted by Gasteiger charge is -1.98. The molecule has 1 aromatic carbocycles. The standard InChI is InChI=1S/C11H11N3O2/c1-16-11(13)10(6-12)14-7-8-2-4-9(15)5-3-8/h2-5,7,15H,13H2,1H3/b11-10+,14-7?. The van der Waals surface area contributed by atoms with Gasteiger partial charge in [-0.25, -0.2) is 4.99 Å². The van der Waals surface area contributed by atoms with Gasteiger partial charge in [0, 0.05) is 6.21 Å². The third-order valence-corrected chi connectivity index (χ3v) is 1.80. The van der Waals surface area contributed by atoms with Crippen LogP contribution in [0.15, 0.2) is 40.8 Å². The van der Waals surface area contributed by atoms with Gasteiger partial charge in [-0.05, 0) is 29.8 Å². The van der Waals surface area contributed by atoms with Crippen molar-refractivity contribution in [1.82, 2.24) is 0 Å². The van der Waals surface area contributed by atoms with Crippen molar-refractivity contribution in [2.75, 3.05) is 7.11 Å². The van der Waals surface area contributed by atoms with E-state index < -0.39 is 0 Å². The molecule has 0 aliphatic carbocycles. The summed E-state index contributed by atoms with van der Waals surface area (Å²) in [6, 6.07) is 8.19. The number of methoxy groups -OCH3 is 1. The van der Waals surface area contributed by atoms with Crippen LogP contribution >= 0.6 is 0 Å². The van der Waals surface area contributed by atoms with Crippen molar-refractivity contribution in [2.45, 2.75) is 0 Å². The first-order valence-electron chi connectivity index (χ1n) is 4.44. The van der Waals surface area contributed by atoms with Crippen LogP contribution in [0.3, 0.4) is 0 Å². The zero-order valence-corrected chi connectivity index (χ0v) is 8.71. The number of nitrogens with two attached hydrogens (primary N) is 1. The van der Waals surface area contributed by atoms with Crippen molar-refractivity contribution in [3.05, 3.63) is 41.4 Å². The molecule has 0 saturated heterocycles. The second-order valence-electron chi connectivity index (χ2n) is 2.88. The highest BCUT2D eigenvalue weighted by Crippen LogP contribution is 2.08. The molecule has 5 heteroatoms. The Kier molecular flexibility index (Phi) is 3.92. The molecular weight excluding hydrogens is 206 g/mol. The largest absolute Gasteiger partial charge is 0.508 e. The minimum Gasteiger partial charge on any atom is -0.508 e. The molecule has 1 rings (SSSR count). The summed E-state index contributed by atoms with van der Waals surface area (Å²) in [5, 5.41) is 17.8. The average Bonchev–Trinajstić information content (AvgIpc) is 2.31. The molecule has 5 nitrogen and oxygen atoms in total. The Morgan fingerprint density at radius 2 is 2.12 bits per heavy atom. The molecule has 0 aromatic heterocycles. The molecule has 0 saturated carbocycles. The zero-order valence-electron chi connectivity index (χ0n) is 8.71. The summed E-state index contributed by atoms with van der Waals surface area (Å²) in [6.07, 6.45) is 1.46. The van der Waals surface area contributed by atoms with Crippen molar-refractivity contribution in [3.8, 4) is 11.8 Å². The summed E-state index contributed by atoms with van der Waals surface area (Å²) in [7, 11) is 1.36. The van der Waals surface area contributed by atoms with Crippen molar-refractivity contribution >= 4 is 6.21 Å². The molecule has 0 spiro atoms. The van der Waals surface area contributed by atoms with Gasteiger partial charge in [0.25, 0.3) is 0 Å². The summed E-state index contributed by atoms with van der Waals surface area (Å²) in [4.78, 5) is 3.87. The number of aromatic hydroxyl groups is 1. The molecule has 3 N–H and O–H groups in total. The van der Waals surface area contributed by atoms with E-state index in [9.17, 15) is 0 Å². The number of hydrogen-bond acceptors (Lipinski definition) is 5. The Morgan fingerprint density at radius 3 is 2.62 bits per heavy atom. The van der Waals surface area contributed by atoms with Gasteiger partial charge in [0.05, 0.1) is 7.11 Å². The summed E-state index contributed by atoms with van der Waals surface area (Å²) in [6.45, 7) is 0. The molecule has 0 bridgehead atoms. The maximum absolute atomic E-state index is 9.06. The monoisotopic (exact) mass is 217 g/mol. The molecule has 0 heterocycles. The van der Waals surface area contributed by atoms with Gasteiger partial charge >= 0.3 is 0 Å². The first-order chi connectivity index (χ1) is 7.67. The Hall–Kier alpha value is -2.48. The number of phenols is 1. The Bertz CT molecular complexity index is 455. The van der Waals surface area contributed by atoms with E-state index in [1.165, 1.54) is 25.5 Å². The number of rotatable bonds is 3. The number of ether oxygens (including phenoxy) is 1. The Morgan fingerprint density at radius 1 is 1.50 bits per heavy atom. The molecule has 1 aromatic rings. The second-order valence-corrected chi connectivity index (χ2v) is 2.88. The molecule has 0 atom stereocenters. The summed E-state index contributed by atoms with van der Waals surface area (Å²) < 4.78 is 4.69. The van der Waals surface area contributed by atoms with E-state index in [1.807, 2.05) is 6.07 Å². The molecule has 0 amide bonds. The maximum atomic E-state index is 9.06. The van der Waals surface area contributed by atoms with E-state index in [2.05, 4.69) is 4.99 Å². The normalized spacial score (nSPS) is 12.0. The minimum absolute atomic E-state index is 0.00979. The van der Waals surface area contributed by atoms with Crippen molar-refractivity contribution < 1.29 is 9.84 Å². The van der Waals surface area contributed by atoms with E-state index >= 15 is 0 Å². The van der Waals surface area contributed by atoms with Crippen LogP contribution in [0.2, 0.25) is 0 Å². The van der Waals surface area contributed by atoms with Gasteiger partial charge in [-0.1, -0.05) is 0 Å². The fraction of sp³-hybridized carbons (Fsp3) is 0.0909. The first-order valence-corrected chi connectivity index (χ1v) is 4.44. The van der Waals surface area contributed by atoms with Gasteiger partial charge in [0.2, 0.25) is 5.88 Å². The second kappa shape index (κ2) is 5.41. The number of nitrogens with zero attached hydrogens (tertiary/aromatic N) is 2. The fourth-order valence-electron chi connectivity index (χ4n) is 0.944. The van der Waals surface area contributed by atoms with Crippen molar-refractivity contribution in [3.63, 3.8) is 0 Å². The Balaban J connectivity index is 2.89. The SMILES string of the molecule is CO/C(N)=C(\C#N)N=Cc1ccc(O)cc1. The lowest BCUT2D eigenvalue weighted by Crippen LogP contribution is -2.02. The summed E-state index contributed by atoms with van der Waals surface area (Å²) in [5.74, 6) is 0.141. The summed E-state index contributed by atoms with van der Waals surface area (Å²) >= 11 is 0. The van der Waals surface area contributed by atoms with Crippen LogP contribution in [-0.4, -0.2) is 18.4 Å². The summed E-state index contributed by atoms with van der Waals surface area (Å²) in [5.41, 5.74) is 6.15. The van der Waals surface area contributed by atoms with Gasteiger partial charge in [0.1, 0.15) is 11.8 Å². The number of benzene rings is 1. The van der Waals surface area contributed by atoms with Crippen molar-refractivity contribution in [2.24, 2.45) is 10.7 Å². The smallest absolute Gasteiger partial charge is 0.221 e. The molecule has 16 heavy (non-hydrogen) atoms. The first kappa shape index (κ1) is 11.6. The molecule has 0 aliphatic rings. The van der Waals surface area contributed by atoms with E-state index in [0.29, 0.717) is 0 Å². The molecule has 82 valence electrons. The van der Waals surface area contributed by atoms with E-state index in [-0.39, 0.29) is 17.3 Å². The third kappa shape index (κ3) is 3.03. The highest BCUT2D eigenvalue weighted by atomic mass is 16.5. The lowest BCUT2D eigenvalue weighted by atomic mass is 10.2.